The number of piperazine rings is 1. The fourth-order valence-corrected chi connectivity index (χ4v) is 7.77. The molecule has 2 aromatic heterocycles. The number of nitrogens with zero attached hydrogens (tertiary/aromatic N) is 4. The van der Waals surface area contributed by atoms with Crippen molar-refractivity contribution in [3.05, 3.63) is 52.0 Å². The number of halogens is 1. The van der Waals surface area contributed by atoms with Crippen LogP contribution in [0.3, 0.4) is 0 Å². The minimum atomic E-state index is -4.16. The second-order valence-corrected chi connectivity index (χ2v) is 13.8. The third-order valence-corrected chi connectivity index (χ3v) is 10.5. The molecule has 42 heavy (non-hydrogen) atoms. The van der Waals surface area contributed by atoms with Crippen molar-refractivity contribution in [3.8, 4) is 10.6 Å². The highest BCUT2D eigenvalue weighted by atomic mass is 35.5. The Balaban J connectivity index is 1.39. The van der Waals surface area contributed by atoms with E-state index in [0.717, 1.165) is 17.8 Å². The van der Waals surface area contributed by atoms with Gasteiger partial charge in [0.25, 0.3) is 0 Å². The Hall–Kier alpha value is -2.81. The van der Waals surface area contributed by atoms with E-state index < -0.39 is 16.1 Å². The molecule has 2 amide bonds. The molecular formula is C28H34ClN5O6S2. The summed E-state index contributed by atoms with van der Waals surface area (Å²) in [5.41, 5.74) is 1.45. The number of thiophene rings is 1. The lowest BCUT2D eigenvalue weighted by Gasteiger charge is -2.36. The molecule has 2 fully saturated rings. The van der Waals surface area contributed by atoms with Gasteiger partial charge in [-0.2, -0.15) is 4.72 Å². The number of ether oxygens (including phenoxy) is 1. The first-order chi connectivity index (χ1) is 20.2. The minimum Gasteiger partial charge on any atom is -0.383 e. The lowest BCUT2D eigenvalue weighted by atomic mass is 10.1. The van der Waals surface area contributed by atoms with Crippen LogP contribution >= 0.6 is 22.9 Å². The van der Waals surface area contributed by atoms with E-state index >= 15 is 0 Å². The molecule has 2 aliphatic rings. The van der Waals surface area contributed by atoms with Gasteiger partial charge in [0, 0.05) is 71.0 Å². The minimum absolute atomic E-state index is 0.00604. The van der Waals surface area contributed by atoms with Crippen molar-refractivity contribution in [2.75, 3.05) is 57.9 Å². The fraction of sp³-hybridized carbons (Fsp3) is 0.464. The maximum absolute atomic E-state index is 13.8. The van der Waals surface area contributed by atoms with E-state index in [1.165, 1.54) is 17.4 Å². The number of carbonyl (C=O) groups excluding carboxylic acids is 2. The van der Waals surface area contributed by atoms with Gasteiger partial charge in [0.2, 0.25) is 21.8 Å². The number of amides is 2. The molecule has 5 rings (SSSR count). The molecule has 0 radical (unpaired) electrons. The van der Waals surface area contributed by atoms with Gasteiger partial charge in [0.05, 0.1) is 26.4 Å². The highest BCUT2D eigenvalue weighted by Gasteiger charge is 2.34. The van der Waals surface area contributed by atoms with Crippen molar-refractivity contribution in [3.63, 3.8) is 0 Å². The third-order valence-electron chi connectivity index (χ3n) is 7.59. The van der Waals surface area contributed by atoms with Crippen LogP contribution in [0, 0.1) is 6.92 Å². The largest absolute Gasteiger partial charge is 0.383 e. The second kappa shape index (κ2) is 13.2. The number of benzene rings is 1. The summed E-state index contributed by atoms with van der Waals surface area (Å²) >= 11 is 7.40. The summed E-state index contributed by atoms with van der Waals surface area (Å²) < 4.78 is 41.6. The Morgan fingerprint density at radius 1 is 1.19 bits per heavy atom. The van der Waals surface area contributed by atoms with Crippen molar-refractivity contribution in [1.29, 1.82) is 0 Å². The smallest absolute Gasteiger partial charge is 0.241 e. The van der Waals surface area contributed by atoms with E-state index in [9.17, 15) is 18.0 Å². The molecule has 2 saturated heterocycles. The van der Waals surface area contributed by atoms with Gasteiger partial charge in [0.15, 0.2) is 5.76 Å². The van der Waals surface area contributed by atoms with Gasteiger partial charge < -0.3 is 19.1 Å². The predicted octanol–water partition coefficient (Wildman–Crippen LogP) is 3.17. The summed E-state index contributed by atoms with van der Waals surface area (Å²) in [6, 6.07) is 9.00. The zero-order valence-electron chi connectivity index (χ0n) is 23.5. The lowest BCUT2D eigenvalue weighted by molar-refractivity contribution is -0.134. The van der Waals surface area contributed by atoms with Crippen molar-refractivity contribution in [1.82, 2.24) is 19.7 Å². The van der Waals surface area contributed by atoms with Crippen molar-refractivity contribution in [2.45, 2.75) is 37.1 Å². The standard InChI is InChI=1S/C28H34ClN5O6S2/c1-19-22(34-10-4-7-27(34)35)5-3-6-25(19)42(37,38)31-21(28(36)33-13-11-32(12-14-33)15-16-39-2)17-20-18-23(40-30-20)24-8-9-26(29)41-24/h3,5-6,8-9,18,21,31H,4,7,10-17H2,1-2H3. The number of hydrogen-bond donors (Lipinski definition) is 1. The summed E-state index contributed by atoms with van der Waals surface area (Å²) in [5.74, 6) is 0.117. The molecule has 0 saturated carbocycles. The van der Waals surface area contributed by atoms with Gasteiger partial charge in [-0.15, -0.1) is 11.3 Å². The maximum Gasteiger partial charge on any atom is 0.241 e. The van der Waals surface area contributed by atoms with Gasteiger partial charge in [-0.3, -0.25) is 14.5 Å². The summed E-state index contributed by atoms with van der Waals surface area (Å²) in [5, 5.41) is 4.13. The molecular weight excluding hydrogens is 602 g/mol. The number of rotatable bonds is 11. The van der Waals surface area contributed by atoms with E-state index in [0.29, 0.717) is 72.8 Å². The first kappa shape index (κ1) is 30.6. The summed E-state index contributed by atoms with van der Waals surface area (Å²) in [6.45, 7) is 5.83. The van der Waals surface area contributed by atoms with Crippen LogP contribution in [0.5, 0.6) is 0 Å². The Kier molecular flexibility index (Phi) is 9.65. The van der Waals surface area contributed by atoms with Crippen molar-refractivity contribution >= 4 is 50.5 Å². The lowest BCUT2D eigenvalue weighted by Crippen LogP contribution is -2.55. The number of methoxy groups -OCH3 is 1. The number of aromatic nitrogens is 1. The highest BCUT2D eigenvalue weighted by molar-refractivity contribution is 7.89. The maximum atomic E-state index is 13.8. The summed E-state index contributed by atoms with van der Waals surface area (Å²) in [7, 11) is -2.51. The monoisotopic (exact) mass is 635 g/mol. The number of sulfonamides is 1. The van der Waals surface area contributed by atoms with Crippen LogP contribution in [-0.2, 0) is 30.8 Å². The molecule has 1 atom stereocenters. The van der Waals surface area contributed by atoms with Crippen LogP contribution < -0.4 is 9.62 Å². The molecule has 0 aliphatic carbocycles. The zero-order chi connectivity index (χ0) is 29.9. The predicted molar refractivity (Wildman–Crippen MR) is 160 cm³/mol. The molecule has 14 heteroatoms. The fourth-order valence-electron chi connectivity index (χ4n) is 5.33. The van der Waals surface area contributed by atoms with Crippen molar-refractivity contribution < 1.29 is 27.3 Å². The van der Waals surface area contributed by atoms with E-state index in [1.54, 1.807) is 48.1 Å². The highest BCUT2D eigenvalue weighted by Crippen LogP contribution is 2.32. The van der Waals surface area contributed by atoms with E-state index in [2.05, 4.69) is 14.8 Å². The van der Waals surface area contributed by atoms with Gasteiger partial charge in [-0.1, -0.05) is 22.8 Å². The molecule has 0 bridgehead atoms. The van der Waals surface area contributed by atoms with Crippen LogP contribution in [0.2, 0.25) is 4.34 Å². The Morgan fingerprint density at radius 3 is 2.64 bits per heavy atom. The van der Waals surface area contributed by atoms with E-state index in [1.807, 2.05) is 6.07 Å². The third kappa shape index (κ3) is 6.87. The summed E-state index contributed by atoms with van der Waals surface area (Å²) in [6.07, 6.45) is 1.15. The zero-order valence-corrected chi connectivity index (χ0v) is 25.9. The Morgan fingerprint density at radius 2 is 1.98 bits per heavy atom. The topological polar surface area (TPSA) is 125 Å². The molecule has 11 nitrogen and oxygen atoms in total. The quantitative estimate of drug-likeness (QED) is 0.341. The normalized spacial score (nSPS) is 17.3. The van der Waals surface area contributed by atoms with Crippen LogP contribution in [0.25, 0.3) is 10.6 Å². The molecule has 2 aliphatic heterocycles. The Bertz CT molecular complexity index is 1530. The number of anilines is 1. The first-order valence-corrected chi connectivity index (χ1v) is 16.5. The van der Waals surface area contributed by atoms with Crippen LogP contribution in [0.1, 0.15) is 24.1 Å². The average Bonchev–Trinajstić information content (AvgIpc) is 3.73. The molecule has 1 unspecified atom stereocenters. The molecule has 226 valence electrons. The second-order valence-electron chi connectivity index (χ2n) is 10.4. The van der Waals surface area contributed by atoms with E-state index in [4.69, 9.17) is 20.9 Å². The average molecular weight is 636 g/mol. The molecule has 0 spiro atoms. The number of nitrogens with one attached hydrogen (secondary N) is 1. The van der Waals surface area contributed by atoms with Crippen LogP contribution in [-0.4, -0.2) is 94.2 Å². The SMILES string of the molecule is COCCN1CCN(C(=O)C(Cc2cc(-c3ccc(Cl)s3)on2)NS(=O)(=O)c2cccc(N3CCCC3=O)c2C)CC1. The van der Waals surface area contributed by atoms with Crippen LogP contribution in [0.4, 0.5) is 5.69 Å². The first-order valence-electron chi connectivity index (χ1n) is 13.8. The van der Waals surface area contributed by atoms with Gasteiger partial charge >= 0.3 is 0 Å². The van der Waals surface area contributed by atoms with Gasteiger partial charge in [-0.05, 0) is 43.2 Å². The molecule has 3 aromatic rings. The van der Waals surface area contributed by atoms with Crippen molar-refractivity contribution in [2.24, 2.45) is 0 Å². The molecule has 1 N–H and O–H groups in total. The van der Waals surface area contributed by atoms with Crippen LogP contribution in [0.15, 0.2) is 45.8 Å². The van der Waals surface area contributed by atoms with Gasteiger partial charge in [0.1, 0.15) is 6.04 Å². The Labute approximate surface area is 254 Å². The number of hydrogen-bond acceptors (Lipinski definition) is 9. The van der Waals surface area contributed by atoms with E-state index in [-0.39, 0.29) is 23.1 Å². The van der Waals surface area contributed by atoms with Gasteiger partial charge in [-0.25, -0.2) is 8.42 Å². The summed E-state index contributed by atoms with van der Waals surface area (Å²) in [4.78, 5) is 32.6. The molecule has 4 heterocycles. The number of carbonyl (C=O) groups is 2. The molecule has 1 aromatic carbocycles.